The zero-order valence-electron chi connectivity index (χ0n) is 10.6. The maximum absolute atomic E-state index is 13.5. The first-order valence-electron chi connectivity index (χ1n) is 5.89. The van der Waals surface area contributed by atoms with Crippen LogP contribution in [0.25, 0.3) is 0 Å². The largest absolute Gasteiger partial charge is 0.462 e. The molecule has 2 rings (SSSR count). The summed E-state index contributed by atoms with van der Waals surface area (Å²) in [6, 6.07) is 5.53. The van der Waals surface area contributed by atoms with E-state index in [9.17, 15) is 14.0 Å². The lowest BCUT2D eigenvalue weighted by atomic mass is 10.2. The minimum atomic E-state index is -0.683. The van der Waals surface area contributed by atoms with Crippen molar-refractivity contribution in [2.24, 2.45) is 0 Å². The van der Waals surface area contributed by atoms with Gasteiger partial charge < -0.3 is 10.1 Å². The number of carbonyl (C=O) groups excluding carboxylic acids is 2. The lowest BCUT2D eigenvalue weighted by Gasteiger charge is -2.06. The molecule has 0 atom stereocenters. The number of benzene rings is 1. The van der Waals surface area contributed by atoms with Gasteiger partial charge in [0.15, 0.2) is 0 Å². The number of nitrogens with zero attached hydrogens (tertiary/aromatic N) is 1. The topological polar surface area (TPSA) is 84.1 Å². The molecule has 1 aromatic heterocycles. The van der Waals surface area contributed by atoms with Crippen LogP contribution >= 0.6 is 0 Å². The van der Waals surface area contributed by atoms with E-state index in [0.29, 0.717) is 0 Å². The van der Waals surface area contributed by atoms with Gasteiger partial charge in [-0.2, -0.15) is 5.10 Å². The van der Waals surface area contributed by atoms with E-state index in [-0.39, 0.29) is 23.6 Å². The quantitative estimate of drug-likeness (QED) is 0.837. The SMILES string of the molecule is CCOC(=O)c1cn[nH]c1NC(=O)c1ccccc1F. The molecule has 0 bridgehead atoms. The van der Waals surface area contributed by atoms with E-state index in [1.165, 1.54) is 30.5 Å². The monoisotopic (exact) mass is 277 g/mol. The molecule has 0 fully saturated rings. The number of amides is 1. The van der Waals surface area contributed by atoms with Crippen molar-refractivity contribution in [2.45, 2.75) is 6.92 Å². The second-order valence-electron chi connectivity index (χ2n) is 3.81. The van der Waals surface area contributed by atoms with E-state index >= 15 is 0 Å². The summed E-state index contributed by atoms with van der Waals surface area (Å²) >= 11 is 0. The molecule has 1 aromatic carbocycles. The summed E-state index contributed by atoms with van der Waals surface area (Å²) in [6.07, 6.45) is 1.23. The number of aromatic nitrogens is 2. The molecule has 1 heterocycles. The fraction of sp³-hybridized carbons (Fsp3) is 0.154. The third kappa shape index (κ3) is 2.82. The number of H-pyrrole nitrogens is 1. The van der Waals surface area contributed by atoms with Crippen molar-refractivity contribution in [3.8, 4) is 0 Å². The maximum atomic E-state index is 13.5. The molecule has 0 saturated carbocycles. The summed E-state index contributed by atoms with van der Waals surface area (Å²) in [5, 5.41) is 8.51. The Morgan fingerprint density at radius 1 is 1.35 bits per heavy atom. The average molecular weight is 277 g/mol. The van der Waals surface area contributed by atoms with Crippen molar-refractivity contribution in [1.29, 1.82) is 0 Å². The van der Waals surface area contributed by atoms with Gasteiger partial charge in [-0.05, 0) is 19.1 Å². The average Bonchev–Trinajstić information content (AvgIpc) is 2.87. The van der Waals surface area contributed by atoms with Gasteiger partial charge in [0.1, 0.15) is 17.2 Å². The highest BCUT2D eigenvalue weighted by Gasteiger charge is 2.18. The summed E-state index contributed by atoms with van der Waals surface area (Å²) in [5.41, 5.74) is -0.0477. The molecule has 2 aromatic rings. The van der Waals surface area contributed by atoms with E-state index in [1.807, 2.05) is 0 Å². The zero-order valence-corrected chi connectivity index (χ0v) is 10.6. The third-order valence-corrected chi connectivity index (χ3v) is 2.49. The van der Waals surface area contributed by atoms with Gasteiger partial charge in [-0.25, -0.2) is 9.18 Å². The molecule has 0 aliphatic rings. The Balaban J connectivity index is 2.19. The normalized spacial score (nSPS) is 10.1. The molecule has 2 N–H and O–H groups in total. The summed E-state index contributed by atoms with van der Waals surface area (Å²) < 4.78 is 18.3. The summed E-state index contributed by atoms with van der Waals surface area (Å²) in [7, 11) is 0. The summed E-state index contributed by atoms with van der Waals surface area (Å²) in [6.45, 7) is 1.86. The number of anilines is 1. The molecule has 0 aliphatic carbocycles. The number of nitrogens with one attached hydrogen (secondary N) is 2. The molecular formula is C13H12FN3O3. The van der Waals surface area contributed by atoms with Crippen LogP contribution in [0.2, 0.25) is 0 Å². The van der Waals surface area contributed by atoms with Crippen molar-refractivity contribution in [3.05, 3.63) is 47.4 Å². The number of rotatable bonds is 4. The molecule has 0 aliphatic heterocycles. The van der Waals surface area contributed by atoms with Crippen LogP contribution in [-0.4, -0.2) is 28.7 Å². The molecular weight excluding hydrogens is 265 g/mol. The van der Waals surface area contributed by atoms with E-state index in [4.69, 9.17) is 4.74 Å². The van der Waals surface area contributed by atoms with E-state index in [0.717, 1.165) is 0 Å². The highest BCUT2D eigenvalue weighted by molar-refractivity contribution is 6.07. The maximum Gasteiger partial charge on any atom is 0.343 e. The number of carbonyl (C=O) groups is 2. The second kappa shape index (κ2) is 5.96. The molecule has 0 spiro atoms. The van der Waals surface area contributed by atoms with E-state index < -0.39 is 17.7 Å². The summed E-state index contributed by atoms with van der Waals surface area (Å²) in [4.78, 5) is 23.5. The molecule has 104 valence electrons. The predicted octanol–water partition coefficient (Wildman–Crippen LogP) is 1.98. The Hall–Kier alpha value is -2.70. The molecule has 0 unspecified atom stereocenters. The fourth-order valence-electron chi connectivity index (χ4n) is 1.57. The van der Waals surface area contributed by atoms with Gasteiger partial charge in [0.2, 0.25) is 0 Å². The highest BCUT2D eigenvalue weighted by Crippen LogP contribution is 2.15. The van der Waals surface area contributed by atoms with Crippen LogP contribution < -0.4 is 5.32 Å². The lowest BCUT2D eigenvalue weighted by Crippen LogP contribution is -2.16. The molecule has 7 heteroatoms. The van der Waals surface area contributed by atoms with Crippen molar-refractivity contribution >= 4 is 17.7 Å². The Labute approximate surface area is 113 Å². The van der Waals surface area contributed by atoms with Crippen molar-refractivity contribution in [2.75, 3.05) is 11.9 Å². The second-order valence-corrected chi connectivity index (χ2v) is 3.81. The van der Waals surface area contributed by atoms with Crippen LogP contribution in [0, 0.1) is 5.82 Å². The van der Waals surface area contributed by atoms with Crippen LogP contribution in [-0.2, 0) is 4.74 Å². The third-order valence-electron chi connectivity index (χ3n) is 2.49. The van der Waals surface area contributed by atoms with Gasteiger partial charge in [0.05, 0.1) is 18.4 Å². The van der Waals surface area contributed by atoms with Crippen molar-refractivity contribution < 1.29 is 18.7 Å². The molecule has 20 heavy (non-hydrogen) atoms. The van der Waals surface area contributed by atoms with Gasteiger partial charge >= 0.3 is 5.97 Å². The number of ether oxygens (including phenoxy) is 1. The van der Waals surface area contributed by atoms with E-state index in [2.05, 4.69) is 15.5 Å². The van der Waals surface area contributed by atoms with Crippen LogP contribution in [0.15, 0.2) is 30.5 Å². The van der Waals surface area contributed by atoms with E-state index in [1.54, 1.807) is 6.92 Å². The van der Waals surface area contributed by atoms with Crippen molar-refractivity contribution in [1.82, 2.24) is 10.2 Å². The predicted molar refractivity (Wildman–Crippen MR) is 68.9 cm³/mol. The molecule has 1 amide bonds. The first-order chi connectivity index (χ1) is 9.63. The Bertz CT molecular complexity index is 639. The minimum absolute atomic E-state index is 0.0664. The van der Waals surface area contributed by atoms with Crippen molar-refractivity contribution in [3.63, 3.8) is 0 Å². The number of hydrogen-bond donors (Lipinski definition) is 2. The van der Waals surface area contributed by atoms with Crippen LogP contribution in [0.4, 0.5) is 10.2 Å². The standard InChI is InChI=1S/C13H12FN3O3/c1-2-20-13(19)9-7-15-17-11(9)16-12(18)8-5-3-4-6-10(8)14/h3-7H,2H2,1H3,(H2,15,16,17,18). The fourth-order valence-corrected chi connectivity index (χ4v) is 1.57. The zero-order chi connectivity index (χ0) is 14.5. The van der Waals surface area contributed by atoms with Gasteiger partial charge in [-0.1, -0.05) is 12.1 Å². The summed E-state index contributed by atoms with van der Waals surface area (Å²) in [5.74, 6) is -1.89. The Kier molecular flexibility index (Phi) is 4.09. The highest BCUT2D eigenvalue weighted by atomic mass is 19.1. The van der Waals surface area contributed by atoms with Crippen LogP contribution in [0.3, 0.4) is 0 Å². The Morgan fingerprint density at radius 3 is 2.80 bits per heavy atom. The van der Waals surface area contributed by atoms with Crippen LogP contribution in [0.5, 0.6) is 0 Å². The first-order valence-corrected chi connectivity index (χ1v) is 5.89. The number of esters is 1. The van der Waals surface area contributed by atoms with Gasteiger partial charge in [0.25, 0.3) is 5.91 Å². The minimum Gasteiger partial charge on any atom is -0.462 e. The van der Waals surface area contributed by atoms with Gasteiger partial charge in [-0.3, -0.25) is 9.89 Å². The molecule has 0 radical (unpaired) electrons. The smallest absolute Gasteiger partial charge is 0.343 e. The number of aromatic amines is 1. The molecule has 6 nitrogen and oxygen atoms in total. The number of halogens is 1. The lowest BCUT2D eigenvalue weighted by molar-refractivity contribution is 0.0527. The van der Waals surface area contributed by atoms with Gasteiger partial charge in [0, 0.05) is 0 Å². The van der Waals surface area contributed by atoms with Gasteiger partial charge in [-0.15, -0.1) is 0 Å². The van der Waals surface area contributed by atoms with Crippen LogP contribution in [0.1, 0.15) is 27.6 Å². The first kappa shape index (κ1) is 13.7. The molecule has 0 saturated heterocycles. The Morgan fingerprint density at radius 2 is 2.10 bits per heavy atom. The number of hydrogen-bond acceptors (Lipinski definition) is 4.